The maximum atomic E-state index is 12.8. The minimum atomic E-state index is -0.142. The molecule has 1 heterocycles. The lowest BCUT2D eigenvalue weighted by Gasteiger charge is -2.38. The number of hydrogen-bond acceptors (Lipinski definition) is 5. The standard InChI is InChI=1S/C25H35N3O3/c1-18-15-23(30-4)24(31-5)16-22(18)17-27-11-13-28(14-12-27)20(3)25(29)26-19(2)21-9-7-6-8-10-21/h6-10,15-16,19-20H,11-14,17H2,1-5H3,(H,26,29)/t19-,20+/m0/s1. The Labute approximate surface area is 186 Å². The zero-order valence-corrected chi connectivity index (χ0v) is 19.4. The molecule has 0 saturated carbocycles. The fourth-order valence-corrected chi connectivity index (χ4v) is 4.07. The topological polar surface area (TPSA) is 54.0 Å². The van der Waals surface area contributed by atoms with Crippen LogP contribution < -0.4 is 14.8 Å². The van der Waals surface area contributed by atoms with E-state index < -0.39 is 0 Å². The molecule has 2 atom stereocenters. The second-order valence-electron chi connectivity index (χ2n) is 8.26. The summed E-state index contributed by atoms with van der Waals surface area (Å²) in [7, 11) is 3.33. The van der Waals surface area contributed by atoms with Crippen molar-refractivity contribution in [1.29, 1.82) is 0 Å². The Kier molecular flexibility index (Phi) is 7.93. The quantitative estimate of drug-likeness (QED) is 0.703. The predicted octanol–water partition coefficient (Wildman–Crippen LogP) is 3.40. The van der Waals surface area contributed by atoms with E-state index in [1.807, 2.05) is 50.2 Å². The van der Waals surface area contributed by atoms with Crippen molar-refractivity contribution in [1.82, 2.24) is 15.1 Å². The number of nitrogens with zero attached hydrogens (tertiary/aromatic N) is 2. The summed E-state index contributed by atoms with van der Waals surface area (Å²) in [4.78, 5) is 17.5. The van der Waals surface area contributed by atoms with Crippen molar-refractivity contribution in [3.8, 4) is 11.5 Å². The van der Waals surface area contributed by atoms with E-state index in [2.05, 4.69) is 28.1 Å². The highest BCUT2D eigenvalue weighted by Crippen LogP contribution is 2.31. The molecule has 1 saturated heterocycles. The maximum absolute atomic E-state index is 12.8. The van der Waals surface area contributed by atoms with Gasteiger partial charge in [0.15, 0.2) is 11.5 Å². The van der Waals surface area contributed by atoms with Crippen LogP contribution in [0.25, 0.3) is 0 Å². The minimum absolute atomic E-state index is 0.00506. The fraction of sp³-hybridized carbons (Fsp3) is 0.480. The average molecular weight is 426 g/mol. The summed E-state index contributed by atoms with van der Waals surface area (Å²) in [6.07, 6.45) is 0. The van der Waals surface area contributed by atoms with Gasteiger partial charge in [0.05, 0.1) is 26.3 Å². The van der Waals surface area contributed by atoms with E-state index in [-0.39, 0.29) is 18.0 Å². The molecule has 6 nitrogen and oxygen atoms in total. The number of benzene rings is 2. The van der Waals surface area contributed by atoms with E-state index >= 15 is 0 Å². The number of ether oxygens (including phenoxy) is 2. The fourth-order valence-electron chi connectivity index (χ4n) is 4.07. The van der Waals surface area contributed by atoms with Gasteiger partial charge in [0, 0.05) is 32.7 Å². The Morgan fingerprint density at radius 2 is 1.61 bits per heavy atom. The zero-order chi connectivity index (χ0) is 22.4. The van der Waals surface area contributed by atoms with Crippen LogP contribution in [0.5, 0.6) is 11.5 Å². The first-order valence-corrected chi connectivity index (χ1v) is 11.0. The lowest BCUT2D eigenvalue weighted by Crippen LogP contribution is -2.53. The van der Waals surface area contributed by atoms with Crippen LogP contribution in [0.1, 0.15) is 36.6 Å². The Balaban J connectivity index is 1.53. The number of carbonyl (C=O) groups excluding carboxylic acids is 1. The largest absolute Gasteiger partial charge is 0.493 e. The van der Waals surface area contributed by atoms with Crippen LogP contribution in [-0.4, -0.2) is 62.1 Å². The maximum Gasteiger partial charge on any atom is 0.237 e. The molecule has 0 aromatic heterocycles. The number of rotatable bonds is 8. The molecule has 1 aliphatic heterocycles. The van der Waals surface area contributed by atoms with E-state index in [9.17, 15) is 4.79 Å². The molecular formula is C25H35N3O3. The van der Waals surface area contributed by atoms with Gasteiger partial charge in [-0.25, -0.2) is 0 Å². The predicted molar refractivity (Wildman–Crippen MR) is 124 cm³/mol. The highest BCUT2D eigenvalue weighted by Gasteiger charge is 2.26. The summed E-state index contributed by atoms with van der Waals surface area (Å²) in [6.45, 7) is 10.6. The smallest absolute Gasteiger partial charge is 0.237 e. The number of nitrogens with one attached hydrogen (secondary N) is 1. The van der Waals surface area contributed by atoms with E-state index in [1.165, 1.54) is 11.1 Å². The molecule has 1 aliphatic rings. The number of methoxy groups -OCH3 is 2. The van der Waals surface area contributed by atoms with E-state index in [0.717, 1.165) is 49.8 Å². The molecule has 0 aliphatic carbocycles. The van der Waals surface area contributed by atoms with Crippen molar-refractivity contribution in [3.63, 3.8) is 0 Å². The van der Waals surface area contributed by atoms with Gasteiger partial charge in [-0.05, 0) is 49.6 Å². The molecule has 1 fully saturated rings. The number of hydrogen-bond donors (Lipinski definition) is 1. The van der Waals surface area contributed by atoms with Gasteiger partial charge in [0.2, 0.25) is 5.91 Å². The van der Waals surface area contributed by atoms with Gasteiger partial charge in [0.1, 0.15) is 0 Å². The highest BCUT2D eigenvalue weighted by atomic mass is 16.5. The van der Waals surface area contributed by atoms with Gasteiger partial charge in [0.25, 0.3) is 0 Å². The second-order valence-corrected chi connectivity index (χ2v) is 8.26. The average Bonchev–Trinajstić information content (AvgIpc) is 2.80. The third-order valence-electron chi connectivity index (χ3n) is 6.23. The SMILES string of the molecule is COc1cc(C)c(CN2CCN([C@H](C)C(=O)N[C@@H](C)c3ccccc3)CC2)cc1OC. The molecule has 0 unspecified atom stereocenters. The van der Waals surface area contributed by atoms with Gasteiger partial charge in [-0.1, -0.05) is 30.3 Å². The van der Waals surface area contributed by atoms with Crippen molar-refractivity contribution < 1.29 is 14.3 Å². The summed E-state index contributed by atoms with van der Waals surface area (Å²) >= 11 is 0. The van der Waals surface area contributed by atoms with Crippen LogP contribution in [0.3, 0.4) is 0 Å². The van der Waals surface area contributed by atoms with Crippen LogP contribution >= 0.6 is 0 Å². The molecule has 3 rings (SSSR count). The number of aryl methyl sites for hydroxylation is 1. The lowest BCUT2D eigenvalue weighted by molar-refractivity contribution is -0.127. The van der Waals surface area contributed by atoms with Gasteiger partial charge in [-0.3, -0.25) is 14.6 Å². The summed E-state index contributed by atoms with van der Waals surface area (Å²) in [6, 6.07) is 14.0. The van der Waals surface area contributed by atoms with Gasteiger partial charge in [-0.15, -0.1) is 0 Å². The molecular weight excluding hydrogens is 390 g/mol. The van der Waals surface area contributed by atoms with Crippen molar-refractivity contribution in [2.24, 2.45) is 0 Å². The molecule has 6 heteroatoms. The Hall–Kier alpha value is -2.57. The Bertz CT molecular complexity index is 864. The van der Waals surface area contributed by atoms with Crippen LogP contribution in [0.4, 0.5) is 0 Å². The van der Waals surface area contributed by atoms with Crippen molar-refractivity contribution in [3.05, 3.63) is 59.2 Å². The van der Waals surface area contributed by atoms with Crippen molar-refractivity contribution >= 4 is 5.91 Å². The molecule has 1 N–H and O–H groups in total. The van der Waals surface area contributed by atoms with Crippen LogP contribution in [-0.2, 0) is 11.3 Å². The van der Waals surface area contributed by atoms with Crippen LogP contribution in [0, 0.1) is 6.92 Å². The Morgan fingerprint density at radius 1 is 1.00 bits per heavy atom. The minimum Gasteiger partial charge on any atom is -0.493 e. The first kappa shape index (κ1) is 23.1. The van der Waals surface area contributed by atoms with E-state index in [1.54, 1.807) is 14.2 Å². The summed E-state index contributed by atoms with van der Waals surface area (Å²) in [5.41, 5.74) is 3.56. The highest BCUT2D eigenvalue weighted by molar-refractivity contribution is 5.81. The van der Waals surface area contributed by atoms with E-state index in [0.29, 0.717) is 0 Å². The molecule has 0 spiro atoms. The molecule has 2 aromatic carbocycles. The molecule has 0 radical (unpaired) electrons. The van der Waals surface area contributed by atoms with Gasteiger partial charge in [-0.2, -0.15) is 0 Å². The zero-order valence-electron chi connectivity index (χ0n) is 19.4. The monoisotopic (exact) mass is 425 g/mol. The van der Waals surface area contributed by atoms with Crippen LogP contribution in [0.15, 0.2) is 42.5 Å². The second kappa shape index (κ2) is 10.6. The summed E-state index contributed by atoms with van der Waals surface area (Å²) in [5.74, 6) is 1.61. The van der Waals surface area contributed by atoms with Crippen LogP contribution in [0.2, 0.25) is 0 Å². The van der Waals surface area contributed by atoms with Gasteiger partial charge < -0.3 is 14.8 Å². The first-order valence-electron chi connectivity index (χ1n) is 11.0. The third kappa shape index (κ3) is 5.77. The molecule has 31 heavy (non-hydrogen) atoms. The Morgan fingerprint density at radius 3 is 2.23 bits per heavy atom. The molecule has 168 valence electrons. The number of carbonyl (C=O) groups is 1. The van der Waals surface area contributed by atoms with E-state index in [4.69, 9.17) is 9.47 Å². The number of piperazine rings is 1. The first-order chi connectivity index (χ1) is 14.9. The molecule has 1 amide bonds. The molecule has 2 aromatic rings. The molecule has 0 bridgehead atoms. The van der Waals surface area contributed by atoms with Crippen molar-refractivity contribution in [2.75, 3.05) is 40.4 Å². The number of amides is 1. The van der Waals surface area contributed by atoms with Gasteiger partial charge >= 0.3 is 0 Å². The lowest BCUT2D eigenvalue weighted by atomic mass is 10.1. The third-order valence-corrected chi connectivity index (χ3v) is 6.23. The summed E-state index contributed by atoms with van der Waals surface area (Å²) < 4.78 is 10.9. The van der Waals surface area contributed by atoms with Crippen molar-refractivity contribution in [2.45, 2.75) is 39.4 Å². The summed E-state index contributed by atoms with van der Waals surface area (Å²) in [5, 5.41) is 3.16. The normalized spacial score (nSPS) is 17.1.